The molecule has 1 aromatic rings. The van der Waals surface area contributed by atoms with Crippen molar-refractivity contribution in [3.05, 3.63) is 26.6 Å². The predicted molar refractivity (Wildman–Crippen MR) is 71.8 cm³/mol. The van der Waals surface area contributed by atoms with Crippen molar-refractivity contribution in [1.29, 1.82) is 0 Å². The highest BCUT2D eigenvalue weighted by Gasteiger charge is 2.22. The van der Waals surface area contributed by atoms with E-state index in [0.29, 0.717) is 9.13 Å². The molecule has 0 N–H and O–H groups in total. The van der Waals surface area contributed by atoms with Gasteiger partial charge in [-0.15, -0.1) is 11.6 Å². The van der Waals surface area contributed by atoms with Gasteiger partial charge in [-0.25, -0.2) is 8.78 Å². The summed E-state index contributed by atoms with van der Waals surface area (Å²) >= 11 is 7.43. The molecule has 0 aliphatic carbocycles. The molecular weight excluding hydrogens is 378 g/mol. The van der Waals surface area contributed by atoms with E-state index >= 15 is 0 Å². The molecule has 0 amide bonds. The van der Waals surface area contributed by atoms with Gasteiger partial charge in [0.05, 0.1) is 24.3 Å². The minimum atomic E-state index is -2.70. The molecule has 100 valence electrons. The van der Waals surface area contributed by atoms with Gasteiger partial charge in [-0.05, 0) is 35.1 Å². The molecule has 0 aliphatic heterocycles. The third-order valence-electron chi connectivity index (χ3n) is 2.18. The Labute approximate surface area is 122 Å². The first-order valence-corrected chi connectivity index (χ1v) is 6.78. The summed E-state index contributed by atoms with van der Waals surface area (Å²) in [6.07, 6.45) is -1.54. The van der Waals surface area contributed by atoms with E-state index in [1.807, 2.05) is 0 Å². The highest BCUT2D eigenvalue weighted by molar-refractivity contribution is 14.1. The van der Waals surface area contributed by atoms with Crippen molar-refractivity contribution in [3.8, 4) is 0 Å². The van der Waals surface area contributed by atoms with Crippen molar-refractivity contribution in [3.63, 3.8) is 0 Å². The molecule has 1 heterocycles. The average molecular weight is 390 g/mol. The lowest BCUT2D eigenvalue weighted by molar-refractivity contribution is -0.142. The van der Waals surface area contributed by atoms with Crippen LogP contribution in [0.4, 0.5) is 8.78 Å². The Balaban J connectivity index is 3.11. The first kappa shape index (κ1) is 15.6. The van der Waals surface area contributed by atoms with Crippen LogP contribution in [-0.2, 0) is 21.8 Å². The fourth-order valence-corrected chi connectivity index (χ4v) is 2.69. The monoisotopic (exact) mass is 389 g/mol. The van der Waals surface area contributed by atoms with Crippen LogP contribution >= 0.6 is 34.2 Å². The van der Waals surface area contributed by atoms with E-state index in [9.17, 15) is 13.6 Å². The highest BCUT2D eigenvalue weighted by Crippen LogP contribution is 2.30. The van der Waals surface area contributed by atoms with Crippen LogP contribution in [0, 0.1) is 3.57 Å². The topological polar surface area (TPSA) is 39.2 Å². The second-order valence-corrected chi connectivity index (χ2v) is 4.72. The Hall–Kier alpha value is -0.500. The second-order valence-electron chi connectivity index (χ2n) is 3.37. The molecule has 0 fully saturated rings. The third kappa shape index (κ3) is 3.74. The molecule has 0 atom stereocenters. The Kier molecular flexibility index (Phi) is 6.20. The van der Waals surface area contributed by atoms with Crippen LogP contribution in [0.1, 0.15) is 30.2 Å². The molecule has 7 heteroatoms. The third-order valence-corrected chi connectivity index (χ3v) is 3.75. The van der Waals surface area contributed by atoms with Crippen LogP contribution in [0.5, 0.6) is 0 Å². The molecule has 0 saturated heterocycles. The molecule has 0 spiro atoms. The summed E-state index contributed by atoms with van der Waals surface area (Å²) in [5.41, 5.74) is 0.337. The second kappa shape index (κ2) is 7.18. The number of nitrogens with zero attached hydrogens (tertiary/aromatic N) is 1. The first-order chi connectivity index (χ1) is 8.51. The van der Waals surface area contributed by atoms with Crippen molar-refractivity contribution in [1.82, 2.24) is 4.98 Å². The van der Waals surface area contributed by atoms with E-state index < -0.39 is 12.4 Å². The molecule has 0 aromatic carbocycles. The van der Waals surface area contributed by atoms with Gasteiger partial charge in [-0.3, -0.25) is 9.78 Å². The number of rotatable bonds is 5. The maximum absolute atomic E-state index is 13.0. The summed E-state index contributed by atoms with van der Waals surface area (Å²) in [5, 5.41) is 0. The van der Waals surface area contributed by atoms with Gasteiger partial charge in [0.25, 0.3) is 6.43 Å². The van der Waals surface area contributed by atoms with E-state index in [-0.39, 0.29) is 30.2 Å². The molecule has 0 radical (unpaired) electrons. The average Bonchev–Trinajstić information content (AvgIpc) is 2.29. The summed E-state index contributed by atoms with van der Waals surface area (Å²) < 4.78 is 31.1. The Morgan fingerprint density at radius 3 is 2.78 bits per heavy atom. The van der Waals surface area contributed by atoms with Crippen molar-refractivity contribution in [2.45, 2.75) is 25.7 Å². The zero-order valence-corrected chi connectivity index (χ0v) is 12.5. The standard InChI is InChI=1S/C11H11ClF2INO2/c1-2-18-8(17)3-7-9(11(13)14)10(15)6(4-12)5-16-7/h5,11H,2-4H2,1H3. The normalized spacial score (nSPS) is 10.8. The van der Waals surface area contributed by atoms with E-state index in [4.69, 9.17) is 16.3 Å². The summed E-state index contributed by atoms with van der Waals surface area (Å²) in [7, 11) is 0. The molecule has 1 rings (SSSR count). The highest BCUT2D eigenvalue weighted by atomic mass is 127. The number of carbonyl (C=O) groups is 1. The van der Waals surface area contributed by atoms with Crippen LogP contribution in [0.3, 0.4) is 0 Å². The molecule has 1 aromatic heterocycles. The van der Waals surface area contributed by atoms with Gasteiger partial charge < -0.3 is 4.74 Å². The molecular formula is C11H11ClF2INO2. The largest absolute Gasteiger partial charge is 0.466 e. The summed E-state index contributed by atoms with van der Waals surface area (Å²) in [6.45, 7) is 1.86. The first-order valence-electron chi connectivity index (χ1n) is 5.17. The molecule has 0 unspecified atom stereocenters. The van der Waals surface area contributed by atoms with Crippen molar-refractivity contribution in [2.75, 3.05) is 6.61 Å². The van der Waals surface area contributed by atoms with Crippen LogP contribution < -0.4 is 0 Å². The summed E-state index contributed by atoms with van der Waals surface area (Å²) in [5.74, 6) is -0.466. The van der Waals surface area contributed by atoms with Crippen molar-refractivity contribution >= 4 is 40.2 Å². The quantitative estimate of drug-likeness (QED) is 0.440. The Morgan fingerprint density at radius 2 is 2.28 bits per heavy atom. The fraction of sp³-hybridized carbons (Fsp3) is 0.455. The number of esters is 1. The van der Waals surface area contributed by atoms with Crippen molar-refractivity contribution < 1.29 is 18.3 Å². The van der Waals surface area contributed by atoms with Crippen molar-refractivity contribution in [2.24, 2.45) is 0 Å². The van der Waals surface area contributed by atoms with E-state index in [0.717, 1.165) is 0 Å². The number of alkyl halides is 3. The predicted octanol–water partition coefficient (Wildman–Crippen LogP) is 3.47. The minimum absolute atomic E-state index is 0.0433. The van der Waals surface area contributed by atoms with Gasteiger partial charge in [-0.1, -0.05) is 0 Å². The van der Waals surface area contributed by atoms with Crippen LogP contribution in [0.15, 0.2) is 6.20 Å². The number of aromatic nitrogens is 1. The number of hydrogen-bond donors (Lipinski definition) is 0. The number of ether oxygens (including phenoxy) is 1. The summed E-state index contributed by atoms with van der Waals surface area (Å²) in [6, 6.07) is 0. The summed E-state index contributed by atoms with van der Waals surface area (Å²) in [4.78, 5) is 15.2. The van der Waals surface area contributed by atoms with E-state index in [2.05, 4.69) is 4.98 Å². The Morgan fingerprint density at radius 1 is 1.61 bits per heavy atom. The number of pyridine rings is 1. The van der Waals surface area contributed by atoms with E-state index in [1.54, 1.807) is 29.5 Å². The lowest BCUT2D eigenvalue weighted by Crippen LogP contribution is -2.13. The van der Waals surface area contributed by atoms with E-state index in [1.165, 1.54) is 6.20 Å². The molecule has 0 aliphatic rings. The van der Waals surface area contributed by atoms with Gasteiger partial charge in [-0.2, -0.15) is 0 Å². The molecule has 0 saturated carbocycles. The lowest BCUT2D eigenvalue weighted by atomic mass is 10.1. The maximum Gasteiger partial charge on any atom is 0.311 e. The SMILES string of the molecule is CCOC(=O)Cc1ncc(CCl)c(I)c1C(F)F. The van der Waals surface area contributed by atoms with Gasteiger partial charge in [0.1, 0.15) is 0 Å². The maximum atomic E-state index is 13.0. The molecule has 0 bridgehead atoms. The van der Waals surface area contributed by atoms with Crippen LogP contribution in [-0.4, -0.2) is 17.6 Å². The number of hydrogen-bond acceptors (Lipinski definition) is 3. The minimum Gasteiger partial charge on any atom is -0.466 e. The lowest BCUT2D eigenvalue weighted by Gasteiger charge is -2.12. The van der Waals surface area contributed by atoms with Crippen LogP contribution in [0.25, 0.3) is 0 Å². The van der Waals surface area contributed by atoms with Crippen LogP contribution in [0.2, 0.25) is 0 Å². The van der Waals surface area contributed by atoms with Gasteiger partial charge >= 0.3 is 5.97 Å². The van der Waals surface area contributed by atoms with Gasteiger partial charge in [0, 0.05) is 15.6 Å². The zero-order valence-electron chi connectivity index (χ0n) is 9.55. The molecule has 18 heavy (non-hydrogen) atoms. The molecule has 3 nitrogen and oxygen atoms in total. The number of halogens is 4. The fourth-order valence-electron chi connectivity index (χ4n) is 1.39. The number of carbonyl (C=O) groups excluding carboxylic acids is 1. The van der Waals surface area contributed by atoms with Gasteiger partial charge in [0.2, 0.25) is 0 Å². The smallest absolute Gasteiger partial charge is 0.311 e. The Bertz CT molecular complexity index is 443. The zero-order chi connectivity index (χ0) is 13.7. The van der Waals surface area contributed by atoms with Gasteiger partial charge in [0.15, 0.2) is 0 Å².